The van der Waals surface area contributed by atoms with Crippen LogP contribution in [0.4, 0.5) is 0 Å². The predicted octanol–water partition coefficient (Wildman–Crippen LogP) is -0.366. The van der Waals surface area contributed by atoms with Crippen molar-refractivity contribution in [3.05, 3.63) is 10.8 Å². The molecule has 64 valence electrons. The maximum absolute atomic E-state index is 5.60. The van der Waals surface area contributed by atoms with Gasteiger partial charge in [0.2, 0.25) is 0 Å². The first kappa shape index (κ1) is 8.97. The third-order valence-corrected chi connectivity index (χ3v) is 2.99. The first-order valence-corrected chi connectivity index (χ1v) is 5.18. The van der Waals surface area contributed by atoms with Gasteiger partial charge in [-0.1, -0.05) is 5.20 Å². The molecule has 2 nitrogen and oxygen atoms in total. The Balaban J connectivity index is 2.52. The Bertz CT molecular complexity index is 157. The molecule has 3 heteroatoms. The van der Waals surface area contributed by atoms with E-state index in [-0.39, 0.29) is 0 Å². The van der Waals surface area contributed by atoms with Crippen LogP contribution in [0.3, 0.4) is 0 Å². The number of allylic oxidation sites excluding steroid dienone is 1. The Morgan fingerprint density at radius 2 is 2.27 bits per heavy atom. The molecule has 0 aromatic rings. The molecule has 1 fully saturated rings. The third kappa shape index (κ3) is 2.43. The number of rotatable bonds is 1. The van der Waals surface area contributed by atoms with Gasteiger partial charge < -0.3 is 10.1 Å². The number of morpholine rings is 1. The van der Waals surface area contributed by atoms with Crippen molar-refractivity contribution in [2.45, 2.75) is 20.0 Å². The molecule has 11 heavy (non-hydrogen) atoms. The third-order valence-electron chi connectivity index (χ3n) is 2.20. The molecule has 1 N–H and O–H groups in total. The molecule has 1 rings (SSSR count). The summed E-state index contributed by atoms with van der Waals surface area (Å²) < 4.78 is 5.60. The van der Waals surface area contributed by atoms with Gasteiger partial charge in [-0.3, -0.25) is 0 Å². The van der Waals surface area contributed by atoms with E-state index in [0.717, 1.165) is 29.9 Å². The zero-order chi connectivity index (χ0) is 8.27. The molecule has 1 aliphatic rings. The van der Waals surface area contributed by atoms with Gasteiger partial charge in [0.25, 0.3) is 0 Å². The lowest BCUT2D eigenvalue weighted by Gasteiger charge is -2.25. The topological polar surface area (TPSA) is 21.3 Å². The predicted molar refractivity (Wildman–Crippen MR) is 50.9 cm³/mol. The molecule has 0 spiro atoms. The maximum Gasteiger partial charge on any atom is 0.0905 e. The van der Waals surface area contributed by atoms with E-state index in [1.165, 1.54) is 10.8 Å². The van der Waals surface area contributed by atoms with Crippen LogP contribution < -0.4 is 5.32 Å². The molecular formula is C8H17NOSi. The number of ether oxygens (including phenoxy) is 1. The van der Waals surface area contributed by atoms with Crippen LogP contribution in [0.5, 0.6) is 0 Å². The monoisotopic (exact) mass is 171 g/mol. The van der Waals surface area contributed by atoms with E-state index in [2.05, 4.69) is 19.2 Å². The molecule has 0 radical (unpaired) electrons. The van der Waals surface area contributed by atoms with Gasteiger partial charge in [0.05, 0.1) is 12.7 Å². The van der Waals surface area contributed by atoms with Crippen molar-refractivity contribution in [1.82, 2.24) is 5.32 Å². The fraction of sp³-hybridized carbons (Fsp3) is 0.750. The van der Waals surface area contributed by atoms with Crippen LogP contribution in [-0.4, -0.2) is 36.0 Å². The summed E-state index contributed by atoms with van der Waals surface area (Å²) in [5, 5.41) is 4.84. The van der Waals surface area contributed by atoms with Crippen LogP contribution in [-0.2, 0) is 4.74 Å². The number of nitrogens with one attached hydrogen (secondary N) is 1. The molecule has 0 aromatic carbocycles. The summed E-state index contributed by atoms with van der Waals surface area (Å²) in [7, 11) is 1.16. The Morgan fingerprint density at radius 1 is 1.55 bits per heavy atom. The van der Waals surface area contributed by atoms with Crippen LogP contribution in [0.15, 0.2) is 10.8 Å². The van der Waals surface area contributed by atoms with Crippen molar-refractivity contribution in [3.63, 3.8) is 0 Å². The lowest BCUT2D eigenvalue weighted by Crippen LogP contribution is -2.39. The number of hydrogen-bond donors (Lipinski definition) is 1. The van der Waals surface area contributed by atoms with Crippen LogP contribution >= 0.6 is 0 Å². The van der Waals surface area contributed by atoms with Gasteiger partial charge >= 0.3 is 0 Å². The summed E-state index contributed by atoms with van der Waals surface area (Å²) in [6, 6.07) is 0. The molecule has 1 heterocycles. The Kier molecular flexibility index (Phi) is 3.30. The van der Waals surface area contributed by atoms with E-state index >= 15 is 0 Å². The maximum atomic E-state index is 5.60. The molecule has 1 atom stereocenters. The average Bonchev–Trinajstić information content (AvgIpc) is 2.05. The van der Waals surface area contributed by atoms with Crippen molar-refractivity contribution in [1.29, 1.82) is 0 Å². The highest BCUT2D eigenvalue weighted by atomic mass is 28.1. The van der Waals surface area contributed by atoms with E-state index in [1.807, 2.05) is 0 Å². The van der Waals surface area contributed by atoms with Gasteiger partial charge in [-0.25, -0.2) is 0 Å². The van der Waals surface area contributed by atoms with Gasteiger partial charge in [0.15, 0.2) is 0 Å². The van der Waals surface area contributed by atoms with E-state index in [0.29, 0.717) is 6.10 Å². The van der Waals surface area contributed by atoms with E-state index < -0.39 is 0 Å². The van der Waals surface area contributed by atoms with Crippen LogP contribution in [0.25, 0.3) is 0 Å². The minimum Gasteiger partial charge on any atom is -0.371 e. The van der Waals surface area contributed by atoms with Crippen molar-refractivity contribution in [2.75, 3.05) is 19.7 Å². The number of hydrogen-bond acceptors (Lipinski definition) is 2. The molecule has 0 saturated carbocycles. The highest BCUT2D eigenvalue weighted by Crippen LogP contribution is 2.10. The quantitative estimate of drug-likeness (QED) is 0.544. The molecule has 0 amide bonds. The minimum absolute atomic E-state index is 0.348. The van der Waals surface area contributed by atoms with E-state index in [1.54, 1.807) is 0 Å². The second-order valence-corrected chi connectivity index (χ2v) is 4.75. The van der Waals surface area contributed by atoms with Crippen molar-refractivity contribution in [2.24, 2.45) is 0 Å². The summed E-state index contributed by atoms with van der Waals surface area (Å²) in [5.41, 5.74) is 1.43. The first-order valence-electron chi connectivity index (χ1n) is 4.18. The lowest BCUT2D eigenvalue weighted by atomic mass is 10.1. The van der Waals surface area contributed by atoms with Gasteiger partial charge in [0, 0.05) is 23.3 Å². The zero-order valence-electron chi connectivity index (χ0n) is 7.61. The smallest absolute Gasteiger partial charge is 0.0905 e. The van der Waals surface area contributed by atoms with Crippen molar-refractivity contribution >= 4 is 10.2 Å². The molecular weight excluding hydrogens is 154 g/mol. The summed E-state index contributed by atoms with van der Waals surface area (Å²) in [4.78, 5) is 0. The van der Waals surface area contributed by atoms with Crippen LogP contribution in [0, 0.1) is 0 Å². The highest BCUT2D eigenvalue weighted by molar-refractivity contribution is 6.21. The van der Waals surface area contributed by atoms with Gasteiger partial charge in [-0.15, -0.1) is 0 Å². The molecule has 0 aromatic heterocycles. The largest absolute Gasteiger partial charge is 0.371 e. The Morgan fingerprint density at radius 3 is 2.73 bits per heavy atom. The Hall–Kier alpha value is -0.123. The molecule has 1 unspecified atom stereocenters. The Labute approximate surface area is 71.4 Å². The second kappa shape index (κ2) is 4.04. The molecule has 1 saturated heterocycles. The van der Waals surface area contributed by atoms with E-state index in [4.69, 9.17) is 4.74 Å². The van der Waals surface area contributed by atoms with Crippen molar-refractivity contribution in [3.8, 4) is 0 Å². The highest BCUT2D eigenvalue weighted by Gasteiger charge is 2.14. The summed E-state index contributed by atoms with van der Waals surface area (Å²) in [6.07, 6.45) is 0.348. The average molecular weight is 171 g/mol. The molecule has 1 aliphatic heterocycles. The zero-order valence-corrected chi connectivity index (χ0v) is 9.61. The van der Waals surface area contributed by atoms with Gasteiger partial charge in [0.1, 0.15) is 0 Å². The summed E-state index contributed by atoms with van der Waals surface area (Å²) >= 11 is 0. The second-order valence-electron chi connectivity index (χ2n) is 3.25. The SMILES string of the molecule is CC([SiH3])=C(C)C1CNCCO1. The first-order chi connectivity index (χ1) is 5.22. The minimum atomic E-state index is 0.348. The van der Waals surface area contributed by atoms with Crippen molar-refractivity contribution < 1.29 is 4.74 Å². The summed E-state index contributed by atoms with van der Waals surface area (Å²) in [5.74, 6) is 0. The molecule has 0 aliphatic carbocycles. The lowest BCUT2D eigenvalue weighted by molar-refractivity contribution is 0.0516. The van der Waals surface area contributed by atoms with Gasteiger partial charge in [-0.05, 0) is 19.4 Å². The van der Waals surface area contributed by atoms with Gasteiger partial charge in [-0.2, -0.15) is 0 Å². The fourth-order valence-electron chi connectivity index (χ4n) is 1.17. The summed E-state index contributed by atoms with van der Waals surface area (Å²) in [6.45, 7) is 7.23. The van der Waals surface area contributed by atoms with Crippen LogP contribution in [0.2, 0.25) is 0 Å². The van der Waals surface area contributed by atoms with E-state index in [9.17, 15) is 0 Å². The fourth-order valence-corrected chi connectivity index (χ4v) is 1.49. The van der Waals surface area contributed by atoms with Crippen LogP contribution in [0.1, 0.15) is 13.8 Å². The normalized spacial score (nSPS) is 28.4. The standard InChI is InChI=1S/C8H17NOSi/c1-6(7(2)11)8-5-9-3-4-10-8/h8-9H,3-5H2,1-2,11H3. The molecule has 0 bridgehead atoms.